The van der Waals surface area contributed by atoms with Crippen molar-refractivity contribution in [3.8, 4) is 17.1 Å². The number of methoxy groups -OCH3 is 1. The molecule has 0 unspecified atom stereocenters. The average Bonchev–Trinajstić information content (AvgIpc) is 3.11. The molecule has 3 rings (SSSR count). The molecule has 0 aliphatic rings. The molecule has 0 aliphatic carbocycles. The van der Waals surface area contributed by atoms with Crippen molar-refractivity contribution in [1.82, 2.24) is 4.90 Å². The van der Waals surface area contributed by atoms with Gasteiger partial charge in [-0.25, -0.2) is 0 Å². The highest BCUT2D eigenvalue weighted by Crippen LogP contribution is 2.24. The van der Waals surface area contributed by atoms with Crippen molar-refractivity contribution in [3.63, 3.8) is 0 Å². The van der Waals surface area contributed by atoms with Gasteiger partial charge in [0.2, 0.25) is 5.91 Å². The topological polar surface area (TPSA) is 42.7 Å². The number of halogens is 1. The van der Waals surface area contributed by atoms with E-state index in [1.54, 1.807) is 19.1 Å². The molecule has 1 heterocycles. The number of ether oxygens (including phenoxy) is 1. The van der Waals surface area contributed by atoms with E-state index < -0.39 is 0 Å². The van der Waals surface area contributed by atoms with Crippen molar-refractivity contribution < 1.29 is 13.9 Å². The lowest BCUT2D eigenvalue weighted by molar-refractivity contribution is -0.129. The molecule has 5 heteroatoms. The van der Waals surface area contributed by atoms with Gasteiger partial charge in [-0.15, -0.1) is 0 Å². The highest BCUT2D eigenvalue weighted by molar-refractivity contribution is 9.10. The molecule has 0 radical (unpaired) electrons. The summed E-state index contributed by atoms with van der Waals surface area (Å²) >= 11 is 3.43. The maximum absolute atomic E-state index is 12.5. The summed E-state index contributed by atoms with van der Waals surface area (Å²) in [5.41, 5.74) is 1.93. The molecule has 1 aromatic heterocycles. The van der Waals surface area contributed by atoms with Gasteiger partial charge in [0.1, 0.15) is 17.3 Å². The Morgan fingerprint density at radius 3 is 2.62 bits per heavy atom. The van der Waals surface area contributed by atoms with Crippen molar-refractivity contribution in [2.24, 2.45) is 0 Å². The van der Waals surface area contributed by atoms with E-state index in [4.69, 9.17) is 9.15 Å². The normalized spacial score (nSPS) is 10.6. The lowest BCUT2D eigenvalue weighted by Crippen LogP contribution is -2.27. The van der Waals surface area contributed by atoms with Crippen LogP contribution in [0.4, 0.5) is 0 Å². The van der Waals surface area contributed by atoms with Gasteiger partial charge in [-0.2, -0.15) is 0 Å². The fourth-order valence-electron chi connectivity index (χ4n) is 2.65. The first kappa shape index (κ1) is 18.3. The molecule has 26 heavy (non-hydrogen) atoms. The first-order chi connectivity index (χ1) is 12.5. The van der Waals surface area contributed by atoms with E-state index in [1.807, 2.05) is 60.7 Å². The number of likely N-dealkylation sites (N-methyl/N-ethyl adjacent to an activating group) is 1. The first-order valence-electron chi connectivity index (χ1n) is 8.26. The van der Waals surface area contributed by atoms with Gasteiger partial charge in [-0.1, -0.05) is 40.2 Å². The quantitative estimate of drug-likeness (QED) is 0.575. The predicted molar refractivity (Wildman–Crippen MR) is 105 cm³/mol. The molecule has 0 saturated heterocycles. The molecule has 0 saturated carbocycles. The third-order valence-corrected chi connectivity index (χ3v) is 4.63. The van der Waals surface area contributed by atoms with Crippen molar-refractivity contribution in [2.45, 2.75) is 13.0 Å². The minimum Gasteiger partial charge on any atom is -0.497 e. The second-order valence-corrected chi connectivity index (χ2v) is 6.97. The van der Waals surface area contributed by atoms with Gasteiger partial charge in [0, 0.05) is 17.1 Å². The highest BCUT2D eigenvalue weighted by Gasteiger charge is 2.13. The van der Waals surface area contributed by atoms with Gasteiger partial charge >= 0.3 is 0 Å². The predicted octanol–water partition coefficient (Wildman–Crippen LogP) is 4.92. The van der Waals surface area contributed by atoms with Crippen LogP contribution in [-0.2, 0) is 17.8 Å². The molecule has 0 fully saturated rings. The average molecular weight is 414 g/mol. The molecule has 1 amide bonds. The summed E-state index contributed by atoms with van der Waals surface area (Å²) in [6.45, 7) is 0.430. The number of carbonyl (C=O) groups is 1. The number of hydrogen-bond acceptors (Lipinski definition) is 3. The number of carbonyl (C=O) groups excluding carboxylic acids is 1. The largest absolute Gasteiger partial charge is 0.497 e. The third-order valence-electron chi connectivity index (χ3n) is 4.10. The van der Waals surface area contributed by atoms with Crippen molar-refractivity contribution in [1.29, 1.82) is 0 Å². The Morgan fingerprint density at radius 1 is 1.12 bits per heavy atom. The fraction of sp³-hybridized carbons (Fsp3) is 0.190. The Hall–Kier alpha value is -2.53. The second kappa shape index (κ2) is 8.23. The van der Waals surface area contributed by atoms with Gasteiger partial charge in [-0.05, 0) is 42.0 Å². The standard InChI is InChI=1S/C21H20BrNO3/c1-23(21(24)13-15-4-3-5-18(12-15)25-2)14-19-10-11-20(26-19)16-6-8-17(22)9-7-16/h3-12H,13-14H2,1-2H3. The van der Waals surface area contributed by atoms with Gasteiger partial charge in [0.25, 0.3) is 0 Å². The van der Waals surface area contributed by atoms with Crippen LogP contribution in [0, 0.1) is 0 Å². The molecule has 2 aromatic carbocycles. The minimum atomic E-state index is 0.0276. The third kappa shape index (κ3) is 4.55. The summed E-state index contributed by atoms with van der Waals surface area (Å²) in [6, 6.07) is 19.3. The van der Waals surface area contributed by atoms with Crippen LogP contribution in [0.5, 0.6) is 5.75 Å². The van der Waals surface area contributed by atoms with Crippen molar-refractivity contribution in [3.05, 3.63) is 76.5 Å². The summed E-state index contributed by atoms with van der Waals surface area (Å²) in [5, 5.41) is 0. The van der Waals surface area contributed by atoms with E-state index in [0.717, 1.165) is 32.9 Å². The molecule has 0 atom stereocenters. The van der Waals surface area contributed by atoms with Gasteiger partial charge in [-0.3, -0.25) is 4.79 Å². The van der Waals surface area contributed by atoms with Gasteiger partial charge in [0.05, 0.1) is 20.1 Å². The first-order valence-corrected chi connectivity index (χ1v) is 9.06. The van der Waals surface area contributed by atoms with Crippen molar-refractivity contribution >= 4 is 21.8 Å². The summed E-state index contributed by atoms with van der Waals surface area (Å²) in [5.74, 6) is 2.33. The zero-order valence-electron chi connectivity index (χ0n) is 14.7. The molecule has 0 spiro atoms. The van der Waals surface area contributed by atoms with E-state index in [9.17, 15) is 4.79 Å². The summed E-state index contributed by atoms with van der Waals surface area (Å²) in [7, 11) is 3.40. The number of nitrogens with zero attached hydrogens (tertiary/aromatic N) is 1. The number of furan rings is 1. The molecule has 0 N–H and O–H groups in total. The minimum absolute atomic E-state index is 0.0276. The second-order valence-electron chi connectivity index (χ2n) is 6.05. The number of rotatable bonds is 6. The Balaban J connectivity index is 1.63. The van der Waals surface area contributed by atoms with Crippen LogP contribution in [0.15, 0.2) is 69.6 Å². The number of hydrogen-bond donors (Lipinski definition) is 0. The Labute approximate surface area is 161 Å². The van der Waals surface area contributed by atoms with Crippen LogP contribution < -0.4 is 4.74 Å². The van der Waals surface area contributed by atoms with Crippen LogP contribution in [-0.4, -0.2) is 25.0 Å². The zero-order chi connectivity index (χ0) is 18.5. The molecule has 134 valence electrons. The van der Waals surface area contributed by atoms with Crippen LogP contribution in [0.3, 0.4) is 0 Å². The summed E-state index contributed by atoms with van der Waals surface area (Å²) < 4.78 is 12.1. The summed E-state index contributed by atoms with van der Waals surface area (Å²) in [4.78, 5) is 14.1. The number of benzene rings is 2. The SMILES string of the molecule is COc1cccc(CC(=O)N(C)Cc2ccc(-c3ccc(Br)cc3)o2)c1. The molecule has 0 bridgehead atoms. The number of amides is 1. The van der Waals surface area contributed by atoms with E-state index in [2.05, 4.69) is 15.9 Å². The van der Waals surface area contributed by atoms with Gasteiger partial charge in [0.15, 0.2) is 0 Å². The lowest BCUT2D eigenvalue weighted by atomic mass is 10.1. The monoisotopic (exact) mass is 413 g/mol. The fourth-order valence-corrected chi connectivity index (χ4v) is 2.91. The highest BCUT2D eigenvalue weighted by atomic mass is 79.9. The van der Waals surface area contributed by atoms with Gasteiger partial charge < -0.3 is 14.1 Å². The Bertz CT molecular complexity index is 886. The zero-order valence-corrected chi connectivity index (χ0v) is 16.3. The molecule has 0 aliphatic heterocycles. The van der Waals surface area contributed by atoms with E-state index >= 15 is 0 Å². The van der Waals surface area contributed by atoms with Crippen LogP contribution in [0.25, 0.3) is 11.3 Å². The lowest BCUT2D eigenvalue weighted by Gasteiger charge is -2.16. The van der Waals surface area contributed by atoms with E-state index in [1.165, 1.54) is 0 Å². The van der Waals surface area contributed by atoms with Crippen LogP contribution in [0.2, 0.25) is 0 Å². The van der Waals surface area contributed by atoms with E-state index in [0.29, 0.717) is 13.0 Å². The molecular weight excluding hydrogens is 394 g/mol. The van der Waals surface area contributed by atoms with Crippen LogP contribution >= 0.6 is 15.9 Å². The maximum Gasteiger partial charge on any atom is 0.227 e. The maximum atomic E-state index is 12.5. The molecule has 4 nitrogen and oxygen atoms in total. The van der Waals surface area contributed by atoms with Crippen LogP contribution in [0.1, 0.15) is 11.3 Å². The smallest absolute Gasteiger partial charge is 0.227 e. The van der Waals surface area contributed by atoms with Crippen molar-refractivity contribution in [2.75, 3.05) is 14.2 Å². The summed E-state index contributed by atoms with van der Waals surface area (Å²) in [6.07, 6.45) is 0.327. The van der Waals surface area contributed by atoms with E-state index in [-0.39, 0.29) is 5.91 Å². The Morgan fingerprint density at radius 2 is 1.88 bits per heavy atom. The molecule has 3 aromatic rings. The Kier molecular flexibility index (Phi) is 5.78. The molecular formula is C21H20BrNO3.